The van der Waals surface area contributed by atoms with Gasteiger partial charge in [-0.2, -0.15) is 0 Å². The number of nitrogens with zero attached hydrogens (tertiary/aromatic N) is 1. The molecule has 0 aliphatic heterocycles. The van der Waals surface area contributed by atoms with Gasteiger partial charge in [0.15, 0.2) is 5.06 Å². The smallest absolute Gasteiger partial charge is 0.334 e. The number of rotatable bonds is 11. The maximum Gasteiger partial charge on any atom is 0.334 e. The fourth-order valence-corrected chi connectivity index (χ4v) is 4.24. The second-order valence-electron chi connectivity index (χ2n) is 8.04. The van der Waals surface area contributed by atoms with E-state index in [9.17, 15) is 9.59 Å². The molecule has 2 aromatic heterocycles. The number of ether oxygens (including phenoxy) is 2. The van der Waals surface area contributed by atoms with Gasteiger partial charge in [0.05, 0.1) is 13.5 Å². The van der Waals surface area contributed by atoms with Gasteiger partial charge in [0.2, 0.25) is 5.91 Å². The lowest BCUT2D eigenvalue weighted by Gasteiger charge is -2.17. The highest BCUT2D eigenvalue weighted by Gasteiger charge is 2.21. The highest BCUT2D eigenvalue weighted by Crippen LogP contribution is 2.31. The SMILES string of the molecule is CCCCC(c1ccc(OC)c(C)c1)c1ncc(CC(=O)N[C@@H](C)C(=O)Oc2cccs2)[nH]1. The Labute approximate surface area is 198 Å². The van der Waals surface area contributed by atoms with E-state index in [1.165, 1.54) is 11.3 Å². The number of aryl methyl sites for hydroxylation is 1. The molecular formula is C25H31N3O4S. The molecular weight excluding hydrogens is 438 g/mol. The van der Waals surface area contributed by atoms with E-state index in [2.05, 4.69) is 34.3 Å². The zero-order valence-electron chi connectivity index (χ0n) is 19.5. The van der Waals surface area contributed by atoms with Gasteiger partial charge < -0.3 is 19.8 Å². The fourth-order valence-electron chi connectivity index (χ4n) is 3.66. The van der Waals surface area contributed by atoms with E-state index in [1.807, 2.05) is 18.4 Å². The summed E-state index contributed by atoms with van der Waals surface area (Å²) in [4.78, 5) is 32.5. The van der Waals surface area contributed by atoms with Crippen molar-refractivity contribution in [3.8, 4) is 10.8 Å². The first kappa shape index (κ1) is 24.5. The molecule has 33 heavy (non-hydrogen) atoms. The number of imidazole rings is 1. The van der Waals surface area contributed by atoms with E-state index in [0.717, 1.165) is 42.0 Å². The van der Waals surface area contributed by atoms with Crippen molar-refractivity contribution in [1.82, 2.24) is 15.3 Å². The molecule has 7 nitrogen and oxygen atoms in total. The molecule has 0 aliphatic carbocycles. The van der Waals surface area contributed by atoms with Crippen molar-refractivity contribution in [3.63, 3.8) is 0 Å². The van der Waals surface area contributed by atoms with E-state index in [4.69, 9.17) is 9.47 Å². The molecule has 8 heteroatoms. The van der Waals surface area contributed by atoms with Crippen LogP contribution in [0.1, 0.15) is 61.7 Å². The molecule has 1 aromatic carbocycles. The van der Waals surface area contributed by atoms with Gasteiger partial charge in [-0.3, -0.25) is 4.79 Å². The number of unbranched alkanes of at least 4 members (excludes halogenated alkanes) is 1. The van der Waals surface area contributed by atoms with Gasteiger partial charge in [-0.05, 0) is 55.0 Å². The first-order valence-corrected chi connectivity index (χ1v) is 12.0. The molecule has 176 valence electrons. The second-order valence-corrected chi connectivity index (χ2v) is 8.95. The molecule has 2 heterocycles. The predicted molar refractivity (Wildman–Crippen MR) is 129 cm³/mol. The van der Waals surface area contributed by atoms with Crippen LogP contribution in [0.3, 0.4) is 0 Å². The predicted octanol–water partition coefficient (Wildman–Crippen LogP) is 4.76. The third kappa shape index (κ3) is 6.68. The van der Waals surface area contributed by atoms with E-state index in [0.29, 0.717) is 10.8 Å². The summed E-state index contributed by atoms with van der Waals surface area (Å²) in [7, 11) is 1.67. The van der Waals surface area contributed by atoms with Crippen LogP contribution in [0.5, 0.6) is 10.8 Å². The average Bonchev–Trinajstić information content (AvgIpc) is 3.46. The van der Waals surface area contributed by atoms with Gasteiger partial charge in [-0.1, -0.05) is 31.9 Å². The summed E-state index contributed by atoms with van der Waals surface area (Å²) in [6.07, 6.45) is 4.90. The minimum atomic E-state index is -0.749. The normalized spacial score (nSPS) is 12.7. The molecule has 1 unspecified atom stereocenters. The summed E-state index contributed by atoms with van der Waals surface area (Å²) in [6.45, 7) is 5.81. The van der Waals surface area contributed by atoms with Crippen LogP contribution in [-0.2, 0) is 16.0 Å². The molecule has 0 saturated carbocycles. The van der Waals surface area contributed by atoms with Crippen molar-refractivity contribution in [1.29, 1.82) is 0 Å². The standard InChI is InChI=1S/C25H31N3O4S/c1-5-6-8-20(18-10-11-21(31-4)16(2)13-18)24-26-15-19(28-24)14-22(29)27-17(3)25(30)32-23-9-7-12-33-23/h7,9-13,15,17,20H,5-6,8,14H2,1-4H3,(H,26,28)(H,27,29)/t17-,20?/m0/s1. The largest absolute Gasteiger partial charge is 0.496 e. The quantitative estimate of drug-likeness (QED) is 0.395. The van der Waals surface area contributed by atoms with E-state index < -0.39 is 12.0 Å². The fraction of sp³-hybridized carbons (Fsp3) is 0.400. The minimum absolute atomic E-state index is 0.103. The third-order valence-electron chi connectivity index (χ3n) is 5.42. The zero-order valence-corrected chi connectivity index (χ0v) is 20.3. The van der Waals surface area contributed by atoms with Gasteiger partial charge in [0, 0.05) is 17.8 Å². The Balaban J connectivity index is 1.65. The molecule has 1 amide bonds. The number of methoxy groups -OCH3 is 1. The van der Waals surface area contributed by atoms with Crippen LogP contribution in [0.15, 0.2) is 41.9 Å². The highest BCUT2D eigenvalue weighted by atomic mass is 32.1. The van der Waals surface area contributed by atoms with Gasteiger partial charge in [0.1, 0.15) is 17.6 Å². The second kappa shape index (κ2) is 11.7. The molecule has 2 atom stereocenters. The van der Waals surface area contributed by atoms with Crippen LogP contribution < -0.4 is 14.8 Å². The van der Waals surface area contributed by atoms with E-state index >= 15 is 0 Å². The topological polar surface area (TPSA) is 93.3 Å². The van der Waals surface area contributed by atoms with Gasteiger partial charge >= 0.3 is 5.97 Å². The Morgan fingerprint density at radius 3 is 2.76 bits per heavy atom. The Morgan fingerprint density at radius 1 is 1.27 bits per heavy atom. The van der Waals surface area contributed by atoms with Crippen LogP contribution in [0, 0.1) is 6.92 Å². The molecule has 2 N–H and O–H groups in total. The molecule has 3 aromatic rings. The maximum absolute atomic E-state index is 12.5. The van der Waals surface area contributed by atoms with Crippen molar-refractivity contribution in [2.75, 3.05) is 7.11 Å². The van der Waals surface area contributed by atoms with Gasteiger partial charge in [-0.25, -0.2) is 9.78 Å². The number of carbonyl (C=O) groups excluding carboxylic acids is 2. The summed E-state index contributed by atoms with van der Waals surface area (Å²) in [6, 6.07) is 8.95. The third-order valence-corrected chi connectivity index (χ3v) is 6.17. The van der Waals surface area contributed by atoms with Crippen LogP contribution in [0.25, 0.3) is 0 Å². The van der Waals surface area contributed by atoms with E-state index in [1.54, 1.807) is 32.4 Å². The number of thiophene rings is 1. The number of hydrogen-bond acceptors (Lipinski definition) is 6. The summed E-state index contributed by atoms with van der Waals surface area (Å²) < 4.78 is 10.6. The van der Waals surface area contributed by atoms with Gasteiger partial charge in [0.25, 0.3) is 0 Å². The summed E-state index contributed by atoms with van der Waals surface area (Å²) >= 11 is 1.33. The summed E-state index contributed by atoms with van der Waals surface area (Å²) in [5.41, 5.74) is 2.94. The summed E-state index contributed by atoms with van der Waals surface area (Å²) in [5.74, 6) is 1.03. The monoisotopic (exact) mass is 469 g/mol. The van der Waals surface area contributed by atoms with E-state index in [-0.39, 0.29) is 18.2 Å². The number of carbonyl (C=O) groups is 2. The number of hydrogen-bond donors (Lipinski definition) is 2. The number of aromatic amines is 1. The minimum Gasteiger partial charge on any atom is -0.496 e. The van der Waals surface area contributed by atoms with Crippen LogP contribution in [0.2, 0.25) is 0 Å². The first-order valence-electron chi connectivity index (χ1n) is 11.1. The lowest BCUT2D eigenvalue weighted by atomic mass is 9.91. The Hall–Kier alpha value is -3.13. The van der Waals surface area contributed by atoms with Crippen LogP contribution in [0.4, 0.5) is 0 Å². The number of esters is 1. The average molecular weight is 470 g/mol. The van der Waals surface area contributed by atoms with Crippen LogP contribution >= 0.6 is 11.3 Å². The van der Waals surface area contributed by atoms with Crippen molar-refractivity contribution >= 4 is 23.2 Å². The number of amides is 1. The molecule has 0 aliphatic rings. The summed E-state index contributed by atoms with van der Waals surface area (Å²) in [5, 5.41) is 5.02. The number of nitrogens with one attached hydrogen (secondary N) is 2. The van der Waals surface area contributed by atoms with Crippen molar-refractivity contribution < 1.29 is 19.1 Å². The van der Waals surface area contributed by atoms with Crippen molar-refractivity contribution in [2.45, 2.75) is 58.4 Å². The molecule has 0 saturated heterocycles. The highest BCUT2D eigenvalue weighted by molar-refractivity contribution is 7.11. The zero-order chi connectivity index (χ0) is 23.8. The molecule has 0 bridgehead atoms. The van der Waals surface area contributed by atoms with Gasteiger partial charge in [-0.15, -0.1) is 11.3 Å². The Bertz CT molecular complexity index is 1060. The van der Waals surface area contributed by atoms with Crippen molar-refractivity contribution in [2.24, 2.45) is 0 Å². The molecule has 3 rings (SSSR count). The number of H-pyrrole nitrogens is 1. The number of aromatic nitrogens is 2. The van der Waals surface area contributed by atoms with Crippen molar-refractivity contribution in [3.05, 3.63) is 64.6 Å². The molecule has 0 radical (unpaired) electrons. The first-order chi connectivity index (χ1) is 15.9. The molecule has 0 fully saturated rings. The lowest BCUT2D eigenvalue weighted by Crippen LogP contribution is -2.41. The Kier molecular flexibility index (Phi) is 8.65. The van der Waals surface area contributed by atoms with Crippen LogP contribution in [-0.4, -0.2) is 35.0 Å². The number of benzene rings is 1. The Morgan fingerprint density at radius 2 is 2.09 bits per heavy atom. The molecule has 0 spiro atoms. The lowest BCUT2D eigenvalue weighted by molar-refractivity contribution is -0.138. The maximum atomic E-state index is 12.5.